The van der Waals surface area contributed by atoms with Gasteiger partial charge in [0.1, 0.15) is 11.6 Å². The van der Waals surface area contributed by atoms with Gasteiger partial charge in [-0.1, -0.05) is 11.9 Å². The van der Waals surface area contributed by atoms with Crippen LogP contribution in [0.15, 0.2) is 18.2 Å². The number of hydrogen-bond acceptors (Lipinski definition) is 10. The number of benzene rings is 1. The van der Waals surface area contributed by atoms with Crippen LogP contribution in [0.1, 0.15) is 54.3 Å². The van der Waals surface area contributed by atoms with Crippen LogP contribution in [0.25, 0.3) is 0 Å². The molecule has 0 saturated carbocycles. The van der Waals surface area contributed by atoms with Crippen molar-refractivity contribution in [1.29, 1.82) is 0 Å². The summed E-state index contributed by atoms with van der Waals surface area (Å²) in [7, 11) is 0. The van der Waals surface area contributed by atoms with Crippen molar-refractivity contribution in [2.24, 2.45) is 0 Å². The molecule has 1 atom stereocenters. The average molecular weight is 573 g/mol. The van der Waals surface area contributed by atoms with Gasteiger partial charge in [0.25, 0.3) is 11.8 Å². The number of hydrogen-bond donors (Lipinski definition) is 2. The molecule has 4 heterocycles. The first kappa shape index (κ1) is 28.4. The van der Waals surface area contributed by atoms with Crippen LogP contribution < -0.4 is 14.9 Å². The summed E-state index contributed by atoms with van der Waals surface area (Å²) in [6.07, 6.45) is -0.0159. The number of carbonyl (C=O) groups is 5. The zero-order valence-electron chi connectivity index (χ0n) is 23.1. The summed E-state index contributed by atoms with van der Waals surface area (Å²) < 4.78 is 8.81. The van der Waals surface area contributed by atoms with E-state index in [1.165, 1.54) is 0 Å². The first-order valence-corrected chi connectivity index (χ1v) is 14.6. The van der Waals surface area contributed by atoms with E-state index in [4.69, 9.17) is 4.74 Å². The standard InChI is InChI=1S/C27H36N6O6S/c1-27(2,3)39-26(38)32-15-18(16-32)40-28-8-9-30-10-12-31(13-11-30)17-4-5-19-20(14-17)25(37)33(24(19)36)21-6-7-22(34)29-23(21)35/h4-5,14,18,21,28H,6-13,15-16H2,1-3H3,(H,29,34,35). The Balaban J connectivity index is 1.04. The molecule has 0 radical (unpaired) electrons. The van der Waals surface area contributed by atoms with Gasteiger partial charge in [-0.15, -0.1) is 0 Å². The molecule has 3 saturated heterocycles. The molecule has 1 aromatic rings. The minimum atomic E-state index is -0.961. The van der Waals surface area contributed by atoms with E-state index in [9.17, 15) is 24.0 Å². The summed E-state index contributed by atoms with van der Waals surface area (Å²) >= 11 is 1.67. The number of anilines is 1. The normalized spacial score (nSPS) is 22.4. The lowest BCUT2D eigenvalue weighted by atomic mass is 10.0. The summed E-state index contributed by atoms with van der Waals surface area (Å²) in [5.41, 5.74) is 0.990. The molecule has 4 aliphatic heterocycles. The molecule has 0 spiro atoms. The molecule has 4 aliphatic rings. The van der Waals surface area contributed by atoms with E-state index in [-0.39, 0.29) is 24.8 Å². The number of piperidine rings is 1. The van der Waals surface area contributed by atoms with Gasteiger partial charge in [0.2, 0.25) is 11.8 Å². The van der Waals surface area contributed by atoms with Gasteiger partial charge in [0.05, 0.1) is 16.4 Å². The van der Waals surface area contributed by atoms with E-state index >= 15 is 0 Å². The van der Waals surface area contributed by atoms with Gasteiger partial charge in [-0.2, -0.15) is 0 Å². The second-order valence-electron chi connectivity index (χ2n) is 11.5. The number of fused-ring (bicyclic) bond motifs is 1. The first-order valence-electron chi connectivity index (χ1n) is 13.7. The highest BCUT2D eigenvalue weighted by molar-refractivity contribution is 7.98. The molecule has 13 heteroatoms. The molecule has 2 N–H and O–H groups in total. The summed E-state index contributed by atoms with van der Waals surface area (Å²) in [6.45, 7) is 12.0. The number of carbonyl (C=O) groups excluding carboxylic acids is 5. The number of amides is 5. The Labute approximate surface area is 237 Å². The van der Waals surface area contributed by atoms with Crippen molar-refractivity contribution < 1.29 is 28.7 Å². The molecule has 0 bridgehead atoms. The number of ether oxygens (including phenoxy) is 1. The quantitative estimate of drug-likeness (QED) is 0.278. The number of likely N-dealkylation sites (tertiary alicyclic amines) is 1. The van der Waals surface area contributed by atoms with Crippen molar-refractivity contribution in [3.63, 3.8) is 0 Å². The second kappa shape index (κ2) is 11.4. The maximum atomic E-state index is 13.1. The van der Waals surface area contributed by atoms with Crippen molar-refractivity contribution in [2.45, 2.75) is 50.5 Å². The van der Waals surface area contributed by atoms with Crippen molar-refractivity contribution in [3.05, 3.63) is 29.3 Å². The zero-order valence-corrected chi connectivity index (χ0v) is 23.9. The lowest BCUT2D eigenvalue weighted by molar-refractivity contribution is -0.136. The van der Waals surface area contributed by atoms with Gasteiger partial charge in [-0.3, -0.25) is 39.0 Å². The highest BCUT2D eigenvalue weighted by Crippen LogP contribution is 2.31. The molecule has 216 valence electrons. The van der Waals surface area contributed by atoms with Crippen LogP contribution in [0.4, 0.5) is 10.5 Å². The Morgan fingerprint density at radius 3 is 2.42 bits per heavy atom. The van der Waals surface area contributed by atoms with Gasteiger partial charge in [-0.25, -0.2) is 4.79 Å². The highest BCUT2D eigenvalue weighted by atomic mass is 32.2. The smallest absolute Gasteiger partial charge is 0.410 e. The third-order valence-electron chi connectivity index (χ3n) is 7.44. The van der Waals surface area contributed by atoms with Crippen molar-refractivity contribution in [1.82, 2.24) is 24.7 Å². The van der Waals surface area contributed by atoms with Crippen LogP contribution in [0.5, 0.6) is 0 Å². The van der Waals surface area contributed by atoms with Gasteiger partial charge < -0.3 is 14.5 Å². The molecule has 1 unspecified atom stereocenters. The van der Waals surface area contributed by atoms with Gasteiger partial charge in [-0.05, 0) is 45.4 Å². The predicted molar refractivity (Wildman–Crippen MR) is 149 cm³/mol. The maximum absolute atomic E-state index is 13.1. The largest absolute Gasteiger partial charge is 0.444 e. The molecule has 1 aromatic carbocycles. The van der Waals surface area contributed by atoms with Crippen molar-refractivity contribution in [2.75, 3.05) is 57.3 Å². The monoisotopic (exact) mass is 572 g/mol. The van der Waals surface area contributed by atoms with E-state index in [1.807, 2.05) is 26.8 Å². The average Bonchev–Trinajstić information content (AvgIpc) is 3.11. The maximum Gasteiger partial charge on any atom is 0.410 e. The number of imide groups is 2. The molecular weight excluding hydrogens is 536 g/mol. The molecule has 0 aromatic heterocycles. The summed E-state index contributed by atoms with van der Waals surface area (Å²) in [4.78, 5) is 69.2. The van der Waals surface area contributed by atoms with E-state index < -0.39 is 29.4 Å². The minimum absolute atomic E-state index is 0.0980. The fraction of sp³-hybridized carbons (Fsp3) is 0.593. The van der Waals surface area contributed by atoms with Crippen LogP contribution in [0, 0.1) is 0 Å². The molecule has 3 fully saturated rings. The molecule has 0 aliphatic carbocycles. The van der Waals surface area contributed by atoms with Crippen molar-refractivity contribution >= 4 is 47.4 Å². The van der Waals surface area contributed by atoms with Crippen LogP contribution in [0.3, 0.4) is 0 Å². The Bertz CT molecular complexity index is 1200. The minimum Gasteiger partial charge on any atom is -0.444 e. The Kier molecular flexibility index (Phi) is 8.07. The number of nitrogens with zero attached hydrogens (tertiary/aromatic N) is 4. The lowest BCUT2D eigenvalue weighted by Crippen LogP contribution is -2.54. The van der Waals surface area contributed by atoms with Crippen LogP contribution in [-0.2, 0) is 14.3 Å². The Morgan fingerprint density at radius 1 is 1.05 bits per heavy atom. The summed E-state index contributed by atoms with van der Waals surface area (Å²) in [5.74, 6) is -1.97. The van der Waals surface area contributed by atoms with Crippen LogP contribution in [0.2, 0.25) is 0 Å². The van der Waals surface area contributed by atoms with E-state index in [0.717, 1.165) is 49.9 Å². The zero-order chi connectivity index (χ0) is 28.6. The van der Waals surface area contributed by atoms with E-state index in [2.05, 4.69) is 19.8 Å². The number of rotatable bonds is 7. The van der Waals surface area contributed by atoms with Gasteiger partial charge >= 0.3 is 6.09 Å². The third-order valence-corrected chi connectivity index (χ3v) is 8.44. The molecule has 5 amide bonds. The van der Waals surface area contributed by atoms with Crippen LogP contribution >= 0.6 is 11.9 Å². The first-order chi connectivity index (χ1) is 19.0. The Morgan fingerprint density at radius 2 is 1.75 bits per heavy atom. The highest BCUT2D eigenvalue weighted by Gasteiger charge is 2.44. The molecule has 40 heavy (non-hydrogen) atoms. The fourth-order valence-corrected chi connectivity index (χ4v) is 6.21. The van der Waals surface area contributed by atoms with E-state index in [1.54, 1.807) is 29.0 Å². The topological polar surface area (TPSA) is 132 Å². The number of nitrogens with one attached hydrogen (secondary N) is 2. The predicted octanol–water partition coefficient (Wildman–Crippen LogP) is 1.07. The van der Waals surface area contributed by atoms with Crippen molar-refractivity contribution in [3.8, 4) is 0 Å². The SMILES string of the molecule is CC(C)(C)OC(=O)N1CC(SNCCN2CCN(c3ccc4c(c3)C(=O)N(C3CCC(=O)NC3=O)C4=O)CC2)C1. The Hall–Kier alpha value is -3.16. The number of piperazine rings is 1. The molecular formula is C27H36N6O6S. The third kappa shape index (κ3) is 6.11. The molecule has 5 rings (SSSR count). The molecule has 12 nitrogen and oxygen atoms in total. The summed E-state index contributed by atoms with van der Waals surface area (Å²) in [6, 6.07) is 4.30. The van der Waals surface area contributed by atoms with Gasteiger partial charge in [0, 0.05) is 64.5 Å². The fourth-order valence-electron chi connectivity index (χ4n) is 5.25. The van der Waals surface area contributed by atoms with Crippen LogP contribution in [-0.4, -0.2) is 114 Å². The van der Waals surface area contributed by atoms with E-state index in [0.29, 0.717) is 29.5 Å². The lowest BCUT2D eigenvalue weighted by Gasteiger charge is -2.39. The second-order valence-corrected chi connectivity index (χ2v) is 12.7. The van der Waals surface area contributed by atoms with Gasteiger partial charge in [0.15, 0.2) is 0 Å². The summed E-state index contributed by atoms with van der Waals surface area (Å²) in [5, 5.41) is 2.59.